The largest absolute Gasteiger partial charge is 0.479 e. The lowest BCUT2D eigenvalue weighted by atomic mass is 10.1. The van der Waals surface area contributed by atoms with E-state index in [1.54, 1.807) is 29.2 Å². The summed E-state index contributed by atoms with van der Waals surface area (Å²) in [6, 6.07) is 5.27. The van der Waals surface area contributed by atoms with Gasteiger partial charge in [-0.15, -0.1) is 0 Å². The summed E-state index contributed by atoms with van der Waals surface area (Å²) < 4.78 is 0. The molecule has 0 radical (unpaired) electrons. The smallest absolute Gasteiger partial charge is 0.331 e. The van der Waals surface area contributed by atoms with Gasteiger partial charge >= 0.3 is 12.0 Å². The number of hydrogen-bond acceptors (Lipinski definition) is 2. The third-order valence-corrected chi connectivity index (χ3v) is 3.89. The van der Waals surface area contributed by atoms with Crippen molar-refractivity contribution >= 4 is 23.6 Å². The van der Waals surface area contributed by atoms with Crippen molar-refractivity contribution in [2.75, 3.05) is 6.54 Å². The number of carbonyl (C=O) groups excluding carboxylic acids is 1. The van der Waals surface area contributed by atoms with Crippen LogP contribution < -0.4 is 5.32 Å². The number of benzene rings is 1. The van der Waals surface area contributed by atoms with Crippen molar-refractivity contribution in [1.82, 2.24) is 10.2 Å². The molecule has 2 amide bonds. The molecular formula is C14H17ClN2O3. The van der Waals surface area contributed by atoms with E-state index in [0.29, 0.717) is 17.1 Å². The Kier molecular flexibility index (Phi) is 4.49. The van der Waals surface area contributed by atoms with Crippen LogP contribution in [0, 0.1) is 0 Å². The maximum atomic E-state index is 12.2. The zero-order chi connectivity index (χ0) is 14.7. The van der Waals surface area contributed by atoms with Crippen LogP contribution in [0.4, 0.5) is 4.79 Å². The fourth-order valence-corrected chi connectivity index (χ4v) is 2.67. The number of urea groups is 1. The number of likely N-dealkylation sites (tertiary alicyclic amines) is 1. The number of amides is 2. The van der Waals surface area contributed by atoms with Crippen LogP contribution in [-0.2, 0) is 4.79 Å². The molecule has 2 atom stereocenters. The molecule has 1 aromatic carbocycles. The fourth-order valence-electron chi connectivity index (χ4n) is 2.42. The molecular weight excluding hydrogens is 280 g/mol. The topological polar surface area (TPSA) is 69.6 Å². The zero-order valence-electron chi connectivity index (χ0n) is 11.2. The second-order valence-corrected chi connectivity index (χ2v) is 5.33. The molecule has 0 aliphatic carbocycles. The van der Waals surface area contributed by atoms with Gasteiger partial charge in [-0.3, -0.25) is 0 Å². The van der Waals surface area contributed by atoms with Gasteiger partial charge in [0.05, 0.1) is 0 Å². The quantitative estimate of drug-likeness (QED) is 0.901. The maximum Gasteiger partial charge on any atom is 0.331 e. The second-order valence-electron chi connectivity index (χ2n) is 4.93. The van der Waals surface area contributed by atoms with Gasteiger partial charge in [-0.25, -0.2) is 9.59 Å². The van der Waals surface area contributed by atoms with E-state index in [1.165, 1.54) is 0 Å². The second kappa shape index (κ2) is 6.13. The van der Waals surface area contributed by atoms with Crippen molar-refractivity contribution in [3.63, 3.8) is 0 Å². The number of aliphatic carboxylic acids is 1. The van der Waals surface area contributed by atoms with Gasteiger partial charge in [0.25, 0.3) is 0 Å². The Morgan fingerprint density at radius 1 is 1.45 bits per heavy atom. The highest BCUT2D eigenvalue weighted by atomic mass is 35.5. The van der Waals surface area contributed by atoms with E-state index in [2.05, 4.69) is 5.32 Å². The number of rotatable bonds is 3. The Hall–Kier alpha value is -1.75. The molecule has 0 bridgehead atoms. The highest BCUT2D eigenvalue weighted by molar-refractivity contribution is 6.31. The first-order valence-electron chi connectivity index (χ1n) is 6.55. The molecule has 1 heterocycles. The first kappa shape index (κ1) is 14.7. The van der Waals surface area contributed by atoms with E-state index < -0.39 is 12.0 Å². The predicted molar refractivity (Wildman–Crippen MR) is 75.8 cm³/mol. The molecule has 20 heavy (non-hydrogen) atoms. The molecule has 1 fully saturated rings. The van der Waals surface area contributed by atoms with E-state index in [-0.39, 0.29) is 12.1 Å². The monoisotopic (exact) mass is 296 g/mol. The van der Waals surface area contributed by atoms with Crippen molar-refractivity contribution < 1.29 is 14.7 Å². The van der Waals surface area contributed by atoms with Crippen LogP contribution in [0.2, 0.25) is 5.02 Å². The summed E-state index contributed by atoms with van der Waals surface area (Å²) in [5.74, 6) is -1.13. The Bertz CT molecular complexity index is 521. The third kappa shape index (κ3) is 3.04. The number of carboxylic acid groups (broad SMARTS) is 1. The van der Waals surface area contributed by atoms with Crippen molar-refractivity contribution in [2.45, 2.75) is 31.8 Å². The van der Waals surface area contributed by atoms with Gasteiger partial charge < -0.3 is 15.3 Å². The molecule has 0 aromatic heterocycles. The van der Waals surface area contributed by atoms with E-state index in [9.17, 15) is 14.7 Å². The Morgan fingerprint density at radius 2 is 2.15 bits per heavy atom. The van der Waals surface area contributed by atoms with Crippen molar-refractivity contribution in [2.24, 2.45) is 0 Å². The Morgan fingerprint density at radius 3 is 2.70 bits per heavy atom. The van der Waals surface area contributed by atoms with E-state index in [1.807, 2.05) is 6.92 Å². The van der Waals surface area contributed by atoms with Crippen LogP contribution in [0.15, 0.2) is 24.3 Å². The van der Waals surface area contributed by atoms with Crippen LogP contribution in [0.25, 0.3) is 0 Å². The van der Waals surface area contributed by atoms with Gasteiger partial charge in [0.1, 0.15) is 0 Å². The molecule has 1 saturated heterocycles. The average molecular weight is 297 g/mol. The Balaban J connectivity index is 2.16. The van der Waals surface area contributed by atoms with Crippen LogP contribution in [-0.4, -0.2) is 34.6 Å². The van der Waals surface area contributed by atoms with E-state index in [4.69, 9.17) is 11.6 Å². The number of nitrogens with one attached hydrogen (secondary N) is 1. The standard InChI is InChI=1S/C14H17ClN2O3/c1-9-5-4-8-17(9)14(20)16-12(13(18)19)10-6-2-3-7-11(10)15/h2-3,6-7,9,12H,4-5,8H2,1H3,(H,16,20)(H,18,19)/t9?,12-/m1/s1. The Labute approximate surface area is 122 Å². The molecule has 6 heteroatoms. The summed E-state index contributed by atoms with van der Waals surface area (Å²) in [7, 11) is 0. The minimum Gasteiger partial charge on any atom is -0.479 e. The van der Waals surface area contributed by atoms with Crippen molar-refractivity contribution in [1.29, 1.82) is 0 Å². The third-order valence-electron chi connectivity index (χ3n) is 3.54. The number of hydrogen-bond donors (Lipinski definition) is 2. The number of halogens is 1. The summed E-state index contributed by atoms with van der Waals surface area (Å²) in [5, 5.41) is 12.2. The predicted octanol–water partition coefficient (Wildman–Crippen LogP) is 2.66. The molecule has 2 N–H and O–H groups in total. The zero-order valence-corrected chi connectivity index (χ0v) is 11.9. The lowest BCUT2D eigenvalue weighted by Gasteiger charge is -2.24. The maximum absolute atomic E-state index is 12.2. The van der Waals surface area contributed by atoms with Gasteiger partial charge in [-0.2, -0.15) is 0 Å². The van der Waals surface area contributed by atoms with E-state index in [0.717, 1.165) is 12.8 Å². The van der Waals surface area contributed by atoms with Crippen LogP contribution >= 0.6 is 11.6 Å². The molecule has 1 unspecified atom stereocenters. The lowest BCUT2D eigenvalue weighted by molar-refractivity contribution is -0.139. The number of nitrogens with zero attached hydrogens (tertiary/aromatic N) is 1. The highest BCUT2D eigenvalue weighted by Crippen LogP contribution is 2.24. The summed E-state index contributed by atoms with van der Waals surface area (Å²) in [5.41, 5.74) is 0.391. The van der Waals surface area contributed by atoms with Crippen molar-refractivity contribution in [3.05, 3.63) is 34.9 Å². The van der Waals surface area contributed by atoms with Gasteiger partial charge in [-0.1, -0.05) is 29.8 Å². The fraction of sp³-hybridized carbons (Fsp3) is 0.429. The van der Waals surface area contributed by atoms with Gasteiger partial charge in [0, 0.05) is 23.2 Å². The molecule has 1 aliphatic heterocycles. The van der Waals surface area contributed by atoms with Gasteiger partial charge in [-0.05, 0) is 25.8 Å². The first-order valence-corrected chi connectivity index (χ1v) is 6.93. The average Bonchev–Trinajstić information content (AvgIpc) is 2.83. The lowest BCUT2D eigenvalue weighted by Crippen LogP contribution is -2.45. The van der Waals surface area contributed by atoms with Crippen LogP contribution in [0.3, 0.4) is 0 Å². The summed E-state index contributed by atoms with van der Waals surface area (Å²) in [6.07, 6.45) is 1.88. The molecule has 1 aromatic rings. The highest BCUT2D eigenvalue weighted by Gasteiger charge is 2.30. The molecule has 0 spiro atoms. The molecule has 2 rings (SSSR count). The summed E-state index contributed by atoms with van der Waals surface area (Å²) in [4.78, 5) is 25.2. The van der Waals surface area contributed by atoms with E-state index >= 15 is 0 Å². The minimum absolute atomic E-state index is 0.135. The first-order chi connectivity index (χ1) is 9.50. The molecule has 1 aliphatic rings. The molecule has 0 saturated carbocycles. The number of carbonyl (C=O) groups is 2. The summed E-state index contributed by atoms with van der Waals surface area (Å²) >= 11 is 6.01. The molecule has 5 nitrogen and oxygen atoms in total. The SMILES string of the molecule is CC1CCCN1C(=O)N[C@@H](C(=O)O)c1ccccc1Cl. The van der Waals surface area contributed by atoms with Crippen molar-refractivity contribution in [3.8, 4) is 0 Å². The normalized spacial score (nSPS) is 19.7. The number of carboxylic acids is 1. The summed E-state index contributed by atoms with van der Waals surface area (Å²) in [6.45, 7) is 2.61. The molecule has 108 valence electrons. The minimum atomic E-state index is -1.14. The van der Waals surface area contributed by atoms with Crippen LogP contribution in [0.1, 0.15) is 31.4 Å². The van der Waals surface area contributed by atoms with Crippen LogP contribution in [0.5, 0.6) is 0 Å². The van der Waals surface area contributed by atoms with Gasteiger partial charge in [0.15, 0.2) is 6.04 Å². The van der Waals surface area contributed by atoms with Gasteiger partial charge in [0.2, 0.25) is 0 Å².